The van der Waals surface area contributed by atoms with E-state index >= 15 is 0 Å². The first-order valence-corrected chi connectivity index (χ1v) is 11.5. The highest BCUT2D eigenvalue weighted by atomic mass is 16.5. The van der Waals surface area contributed by atoms with Gasteiger partial charge in [-0.05, 0) is 69.7 Å². The number of ether oxygens (including phenoxy) is 2. The maximum Gasteiger partial charge on any atom is 0.118 e. The van der Waals surface area contributed by atoms with E-state index in [1.165, 1.54) is 24.8 Å². The van der Waals surface area contributed by atoms with Crippen molar-refractivity contribution in [2.24, 2.45) is 5.92 Å². The van der Waals surface area contributed by atoms with Crippen molar-refractivity contribution < 1.29 is 14.6 Å². The van der Waals surface area contributed by atoms with Crippen molar-refractivity contribution in [2.45, 2.75) is 97.9 Å². The number of unbranched alkanes of at least 4 members (excludes halogenated alkanes) is 3. The highest BCUT2D eigenvalue weighted by Crippen LogP contribution is 2.34. The molecule has 0 radical (unpaired) electrons. The summed E-state index contributed by atoms with van der Waals surface area (Å²) in [7, 11) is 1.67. The number of benzene rings is 1. The van der Waals surface area contributed by atoms with Gasteiger partial charge in [-0.25, -0.2) is 0 Å². The normalized spacial score (nSPS) is 15.2. The Kier molecular flexibility index (Phi) is 12.1. The minimum Gasteiger partial charge on any atom is -0.497 e. The fourth-order valence-electron chi connectivity index (χ4n) is 3.66. The van der Waals surface area contributed by atoms with Crippen LogP contribution in [-0.2, 0) is 11.3 Å². The van der Waals surface area contributed by atoms with Crippen LogP contribution in [0, 0.1) is 5.92 Å². The lowest BCUT2D eigenvalue weighted by Crippen LogP contribution is -2.43. The summed E-state index contributed by atoms with van der Waals surface area (Å²) >= 11 is 0. The molecule has 0 heterocycles. The Hall–Kier alpha value is -1.58. The molecule has 1 aromatic carbocycles. The van der Waals surface area contributed by atoms with Crippen LogP contribution in [0.1, 0.15) is 85.1 Å². The lowest BCUT2D eigenvalue weighted by Gasteiger charge is -2.39. The van der Waals surface area contributed by atoms with Gasteiger partial charge in [0.25, 0.3) is 0 Å². The number of aliphatic hydroxyl groups excluding tert-OH is 1. The number of rotatable bonds is 15. The Labute approximate surface area is 185 Å². The van der Waals surface area contributed by atoms with Crippen LogP contribution in [0.15, 0.2) is 48.1 Å². The predicted octanol–water partition coefficient (Wildman–Crippen LogP) is 7.24. The van der Waals surface area contributed by atoms with Crippen molar-refractivity contribution in [1.29, 1.82) is 0 Å². The minimum atomic E-state index is -0.556. The molecule has 3 nitrogen and oxygen atoms in total. The van der Waals surface area contributed by atoms with Gasteiger partial charge in [0.15, 0.2) is 0 Å². The smallest absolute Gasteiger partial charge is 0.118 e. The summed E-state index contributed by atoms with van der Waals surface area (Å²) in [5.74, 6) is 0.799. The fraction of sp³-hybridized carbons (Fsp3) is 0.630. The van der Waals surface area contributed by atoms with Gasteiger partial charge in [-0.1, -0.05) is 63.5 Å². The van der Waals surface area contributed by atoms with Crippen LogP contribution in [0.4, 0.5) is 0 Å². The number of allylic oxidation sites excluding steroid dienone is 2. The van der Waals surface area contributed by atoms with E-state index in [9.17, 15) is 5.11 Å². The Morgan fingerprint density at radius 1 is 1.17 bits per heavy atom. The van der Waals surface area contributed by atoms with E-state index in [1.54, 1.807) is 7.11 Å². The molecule has 3 heteroatoms. The Balaban J connectivity index is 2.83. The molecule has 0 saturated carbocycles. The zero-order chi connectivity index (χ0) is 22.6. The molecule has 0 aromatic heterocycles. The maximum atomic E-state index is 11.0. The SMILES string of the molecule is C=C(CCCCCC)C(O)[C@H](C)[C@@](C)(CCC=C(C)C)OCc1ccc(OC)cc1. The largest absolute Gasteiger partial charge is 0.497 e. The second-order valence-electron chi connectivity index (χ2n) is 8.97. The molecule has 3 atom stereocenters. The van der Waals surface area contributed by atoms with E-state index < -0.39 is 11.7 Å². The molecule has 1 N–H and O–H groups in total. The highest BCUT2D eigenvalue weighted by molar-refractivity contribution is 5.26. The summed E-state index contributed by atoms with van der Waals surface area (Å²) < 4.78 is 11.7. The third-order valence-electron chi connectivity index (χ3n) is 6.13. The molecule has 1 rings (SSSR count). The quantitative estimate of drug-likeness (QED) is 0.242. The highest BCUT2D eigenvalue weighted by Gasteiger charge is 2.37. The topological polar surface area (TPSA) is 38.7 Å². The predicted molar refractivity (Wildman–Crippen MR) is 128 cm³/mol. The molecule has 0 aliphatic heterocycles. The number of aliphatic hydroxyl groups is 1. The van der Waals surface area contributed by atoms with Gasteiger partial charge in [0.2, 0.25) is 0 Å². The van der Waals surface area contributed by atoms with Gasteiger partial charge in [0, 0.05) is 5.92 Å². The number of methoxy groups -OCH3 is 1. The molecule has 0 bridgehead atoms. The summed E-state index contributed by atoms with van der Waals surface area (Å²) in [4.78, 5) is 0. The molecule has 30 heavy (non-hydrogen) atoms. The van der Waals surface area contributed by atoms with Crippen LogP contribution in [-0.4, -0.2) is 23.9 Å². The average molecular weight is 417 g/mol. The summed E-state index contributed by atoms with van der Waals surface area (Å²) in [6.07, 6.45) is 9.11. The monoisotopic (exact) mass is 416 g/mol. The minimum absolute atomic E-state index is 0.0417. The van der Waals surface area contributed by atoms with Crippen LogP contribution >= 0.6 is 0 Å². The maximum absolute atomic E-state index is 11.0. The van der Waals surface area contributed by atoms with Gasteiger partial charge >= 0.3 is 0 Å². The molecule has 1 aromatic rings. The zero-order valence-corrected chi connectivity index (χ0v) is 20.2. The van der Waals surface area contributed by atoms with Gasteiger partial charge < -0.3 is 14.6 Å². The van der Waals surface area contributed by atoms with E-state index in [-0.39, 0.29) is 5.92 Å². The van der Waals surface area contributed by atoms with Gasteiger partial charge in [-0.2, -0.15) is 0 Å². The molecule has 0 spiro atoms. The third-order valence-corrected chi connectivity index (χ3v) is 6.13. The summed E-state index contributed by atoms with van der Waals surface area (Å²) in [6.45, 7) is 15.4. The second-order valence-corrected chi connectivity index (χ2v) is 8.97. The third kappa shape index (κ3) is 9.06. The zero-order valence-electron chi connectivity index (χ0n) is 20.2. The molecular weight excluding hydrogens is 372 g/mol. The van der Waals surface area contributed by atoms with E-state index in [1.807, 2.05) is 24.3 Å². The fourth-order valence-corrected chi connectivity index (χ4v) is 3.66. The molecule has 0 amide bonds. The van der Waals surface area contributed by atoms with Gasteiger partial charge in [-0.15, -0.1) is 0 Å². The van der Waals surface area contributed by atoms with E-state index in [4.69, 9.17) is 9.47 Å². The van der Waals surface area contributed by atoms with Crippen LogP contribution < -0.4 is 4.74 Å². The van der Waals surface area contributed by atoms with Crippen molar-refractivity contribution >= 4 is 0 Å². The molecule has 0 saturated heterocycles. The van der Waals surface area contributed by atoms with Crippen LogP contribution in [0.3, 0.4) is 0 Å². The van der Waals surface area contributed by atoms with E-state index in [2.05, 4.69) is 47.3 Å². The Bertz CT molecular complexity index is 643. The van der Waals surface area contributed by atoms with Crippen molar-refractivity contribution in [3.05, 3.63) is 53.6 Å². The van der Waals surface area contributed by atoms with Gasteiger partial charge in [-0.3, -0.25) is 0 Å². The molecular formula is C27H44O3. The van der Waals surface area contributed by atoms with Crippen LogP contribution in [0.5, 0.6) is 5.75 Å². The van der Waals surface area contributed by atoms with Crippen molar-refractivity contribution in [3.63, 3.8) is 0 Å². The van der Waals surface area contributed by atoms with Crippen LogP contribution in [0.25, 0.3) is 0 Å². The van der Waals surface area contributed by atoms with E-state index in [0.717, 1.165) is 42.6 Å². The lowest BCUT2D eigenvalue weighted by molar-refractivity contribution is -0.109. The first kappa shape index (κ1) is 26.5. The number of hydrogen-bond acceptors (Lipinski definition) is 3. The van der Waals surface area contributed by atoms with Crippen molar-refractivity contribution in [2.75, 3.05) is 7.11 Å². The summed E-state index contributed by atoms with van der Waals surface area (Å²) in [5, 5.41) is 11.0. The Morgan fingerprint density at radius 3 is 2.40 bits per heavy atom. The lowest BCUT2D eigenvalue weighted by atomic mass is 9.79. The second kappa shape index (κ2) is 13.7. The van der Waals surface area contributed by atoms with Gasteiger partial charge in [0.1, 0.15) is 5.75 Å². The first-order chi connectivity index (χ1) is 14.2. The molecule has 0 aliphatic carbocycles. The van der Waals surface area contributed by atoms with Crippen molar-refractivity contribution in [3.8, 4) is 5.75 Å². The standard InChI is InChI=1S/C27H44O3/c1-8-9-10-11-14-22(4)26(28)23(5)27(6,19-12-13-21(2)3)30-20-24-15-17-25(29-7)18-16-24/h13,15-18,23,26,28H,4,8-12,14,19-20H2,1-3,5-7H3/t23-,26?,27+/m0/s1. The molecule has 0 aliphatic rings. The van der Waals surface area contributed by atoms with Gasteiger partial charge in [0.05, 0.1) is 25.4 Å². The molecule has 1 unspecified atom stereocenters. The first-order valence-electron chi connectivity index (χ1n) is 11.5. The molecule has 170 valence electrons. The number of hydrogen-bond donors (Lipinski definition) is 1. The summed E-state index contributed by atoms with van der Waals surface area (Å²) in [6, 6.07) is 7.97. The molecule has 0 fully saturated rings. The van der Waals surface area contributed by atoms with Crippen LogP contribution in [0.2, 0.25) is 0 Å². The van der Waals surface area contributed by atoms with E-state index in [0.29, 0.717) is 6.61 Å². The summed E-state index contributed by atoms with van der Waals surface area (Å²) in [5.41, 5.74) is 2.89. The average Bonchev–Trinajstić information content (AvgIpc) is 2.74. The Morgan fingerprint density at radius 2 is 1.83 bits per heavy atom. The van der Waals surface area contributed by atoms with Crippen molar-refractivity contribution in [1.82, 2.24) is 0 Å².